The predicted molar refractivity (Wildman–Crippen MR) is 125 cm³/mol. The van der Waals surface area contributed by atoms with Gasteiger partial charge in [-0.1, -0.05) is 24.0 Å². The van der Waals surface area contributed by atoms with Gasteiger partial charge in [0, 0.05) is 29.0 Å². The Morgan fingerprint density at radius 2 is 1.50 bits per heavy atom. The highest BCUT2D eigenvalue weighted by Gasteiger charge is 2.62. The van der Waals surface area contributed by atoms with Crippen molar-refractivity contribution in [3.63, 3.8) is 0 Å². The zero-order valence-electron chi connectivity index (χ0n) is 20.7. The van der Waals surface area contributed by atoms with Gasteiger partial charge >= 0.3 is 18.0 Å². The number of nitrogens with zero attached hydrogens (tertiary/aromatic N) is 5. The lowest BCUT2D eigenvalue weighted by atomic mass is 9.84. The van der Waals surface area contributed by atoms with Crippen molar-refractivity contribution in [3.05, 3.63) is 107 Å². The maximum absolute atomic E-state index is 15.8. The monoisotopic (exact) mass is 601 g/mol. The molecule has 0 spiro atoms. The first-order valence-electron chi connectivity index (χ1n) is 11.5. The van der Waals surface area contributed by atoms with Crippen LogP contribution in [0, 0.1) is 23.5 Å². The van der Waals surface area contributed by atoms with Crippen LogP contribution in [0.4, 0.5) is 39.5 Å². The summed E-state index contributed by atoms with van der Waals surface area (Å²) in [7, 11) is 0. The van der Waals surface area contributed by atoms with Crippen molar-refractivity contribution in [2.45, 2.75) is 36.3 Å². The number of aromatic nitrogens is 5. The molecule has 0 saturated heterocycles. The zero-order chi connectivity index (χ0) is 30.9. The lowest BCUT2D eigenvalue weighted by Crippen LogP contribution is -2.48. The molecular weight excluding hydrogens is 585 g/mol. The number of hydrogen-bond acceptors (Lipinski definition) is 6. The number of rotatable bonds is 7. The van der Waals surface area contributed by atoms with E-state index in [-0.39, 0.29) is 11.1 Å². The molecule has 16 heteroatoms. The van der Waals surface area contributed by atoms with Crippen molar-refractivity contribution < 1.29 is 49.7 Å². The van der Waals surface area contributed by atoms with Crippen molar-refractivity contribution >= 4 is 0 Å². The molecule has 7 nitrogen and oxygen atoms in total. The molecule has 2 N–H and O–H groups in total. The van der Waals surface area contributed by atoms with Gasteiger partial charge in [-0.25, -0.2) is 13.5 Å². The molecule has 0 radical (unpaired) electrons. The fraction of sp³-hybridized carbons (Fsp3) is 0.231. The van der Waals surface area contributed by atoms with Crippen LogP contribution in [-0.2, 0) is 18.1 Å². The van der Waals surface area contributed by atoms with Crippen molar-refractivity contribution in [2.24, 2.45) is 0 Å². The van der Waals surface area contributed by atoms with Gasteiger partial charge in [-0.15, -0.1) is 5.10 Å². The van der Waals surface area contributed by atoms with Gasteiger partial charge in [0.25, 0.3) is 0 Å². The van der Waals surface area contributed by atoms with E-state index in [2.05, 4.69) is 32.4 Å². The van der Waals surface area contributed by atoms with Crippen LogP contribution in [0.3, 0.4) is 0 Å². The predicted octanol–water partition coefficient (Wildman–Crippen LogP) is 4.66. The summed E-state index contributed by atoms with van der Waals surface area (Å²) in [6.45, 7) is -1.06. The number of hydrogen-bond donors (Lipinski definition) is 2. The summed E-state index contributed by atoms with van der Waals surface area (Å²) in [4.78, 5) is 3.63. The first kappa shape index (κ1) is 30.5. The third-order valence-electron chi connectivity index (χ3n) is 6.06. The van der Waals surface area contributed by atoms with Crippen LogP contribution >= 0.6 is 0 Å². The molecule has 0 saturated carbocycles. The molecule has 2 aromatic carbocycles. The molecule has 0 aliphatic heterocycles. The highest BCUT2D eigenvalue weighted by atomic mass is 19.4. The summed E-state index contributed by atoms with van der Waals surface area (Å²) >= 11 is 0. The topological polar surface area (TPSA) is 97.0 Å². The molecule has 220 valence electrons. The van der Waals surface area contributed by atoms with E-state index in [1.807, 2.05) is 0 Å². The summed E-state index contributed by atoms with van der Waals surface area (Å²) in [5.74, 6) is -7.19. The molecule has 4 rings (SSSR count). The standard InChI is InChI=1S/C26H16F9N5O2/c27-18-8-9-19(20(28)11-18)23(42,13-40-14-37-38-39-40)24(29,30)21-10-5-16(12-36-21)2-1-15-3-6-17(7-4-15)22(41)25(31,32)26(33,34)35/h3-12,14,22,41-42H,13H2. The lowest BCUT2D eigenvalue weighted by molar-refractivity contribution is -0.315. The van der Waals surface area contributed by atoms with Crippen molar-refractivity contribution in [1.82, 2.24) is 25.2 Å². The maximum atomic E-state index is 15.8. The molecule has 42 heavy (non-hydrogen) atoms. The number of halogens is 9. The Hall–Kier alpha value is -4.49. The van der Waals surface area contributed by atoms with Gasteiger partial charge in [-0.3, -0.25) is 4.98 Å². The summed E-state index contributed by atoms with van der Waals surface area (Å²) in [5.41, 5.74) is -5.91. The van der Waals surface area contributed by atoms with Gasteiger partial charge in [0.2, 0.25) is 0 Å². The Morgan fingerprint density at radius 3 is 2.05 bits per heavy atom. The van der Waals surface area contributed by atoms with Gasteiger partial charge in [0.15, 0.2) is 11.7 Å². The average molecular weight is 601 g/mol. The molecule has 0 aliphatic rings. The second-order valence-electron chi connectivity index (χ2n) is 8.89. The van der Waals surface area contributed by atoms with Crippen molar-refractivity contribution in [2.75, 3.05) is 0 Å². The first-order chi connectivity index (χ1) is 19.6. The number of tetrazole rings is 1. The van der Waals surface area contributed by atoms with E-state index >= 15 is 8.78 Å². The van der Waals surface area contributed by atoms with E-state index in [0.29, 0.717) is 22.9 Å². The Morgan fingerprint density at radius 1 is 0.857 bits per heavy atom. The highest BCUT2D eigenvalue weighted by molar-refractivity contribution is 5.43. The highest BCUT2D eigenvalue weighted by Crippen LogP contribution is 2.47. The SMILES string of the molecule is OC(c1ccc(C#Cc2ccc(C(F)(F)C(O)(Cn3cnnn3)c3ccc(F)cc3F)nc2)cc1)C(F)(F)C(F)(F)F. The molecular formula is C26H16F9N5O2. The Balaban J connectivity index is 1.59. The van der Waals surface area contributed by atoms with Gasteiger partial charge < -0.3 is 10.2 Å². The number of benzene rings is 2. The molecule has 0 bridgehead atoms. The van der Waals surface area contributed by atoms with Crippen molar-refractivity contribution in [3.8, 4) is 11.8 Å². The number of alkyl halides is 7. The first-order valence-corrected chi connectivity index (χ1v) is 11.5. The minimum Gasteiger partial charge on any atom is -0.382 e. The maximum Gasteiger partial charge on any atom is 0.456 e. The largest absolute Gasteiger partial charge is 0.456 e. The normalized spacial score (nSPS) is 14.5. The average Bonchev–Trinajstić information content (AvgIpc) is 3.44. The van der Waals surface area contributed by atoms with E-state index in [0.717, 1.165) is 48.9 Å². The Kier molecular flexibility index (Phi) is 8.03. The Bertz CT molecular complexity index is 1600. The smallest absolute Gasteiger partial charge is 0.382 e. The Labute approximate surface area is 230 Å². The lowest BCUT2D eigenvalue weighted by Gasteiger charge is -2.35. The summed E-state index contributed by atoms with van der Waals surface area (Å²) < 4.78 is 125. The third-order valence-corrected chi connectivity index (χ3v) is 6.06. The molecule has 2 heterocycles. The molecule has 4 aromatic rings. The third kappa shape index (κ3) is 5.78. The van der Waals surface area contributed by atoms with Gasteiger partial charge in [0.05, 0.1) is 6.54 Å². The van der Waals surface area contributed by atoms with Crippen LogP contribution in [0.25, 0.3) is 0 Å². The molecule has 2 unspecified atom stereocenters. The van der Waals surface area contributed by atoms with Crippen LogP contribution in [0.1, 0.15) is 34.1 Å². The van der Waals surface area contributed by atoms with Gasteiger partial charge in [0.1, 0.15) is 23.7 Å². The van der Waals surface area contributed by atoms with Gasteiger partial charge in [-0.2, -0.15) is 30.7 Å². The minimum atomic E-state index is -5.97. The summed E-state index contributed by atoms with van der Waals surface area (Å²) in [6.07, 6.45) is -7.35. The van der Waals surface area contributed by atoms with E-state index in [1.165, 1.54) is 0 Å². The summed E-state index contributed by atoms with van der Waals surface area (Å²) in [5, 5.41) is 30.6. The molecule has 0 aliphatic carbocycles. The van der Waals surface area contributed by atoms with Crippen LogP contribution in [-0.4, -0.2) is 47.5 Å². The fourth-order valence-corrected chi connectivity index (χ4v) is 3.79. The number of pyridine rings is 1. The fourth-order valence-electron chi connectivity index (χ4n) is 3.79. The summed E-state index contributed by atoms with van der Waals surface area (Å²) in [6, 6.07) is 7.26. The van der Waals surface area contributed by atoms with E-state index in [9.17, 15) is 40.9 Å². The second kappa shape index (κ2) is 11.1. The number of aliphatic hydroxyl groups excluding tert-OH is 1. The van der Waals surface area contributed by atoms with E-state index in [4.69, 9.17) is 0 Å². The zero-order valence-corrected chi connectivity index (χ0v) is 20.7. The molecule has 0 amide bonds. The molecule has 0 fully saturated rings. The van der Waals surface area contributed by atoms with Crippen LogP contribution < -0.4 is 0 Å². The molecule has 2 atom stereocenters. The van der Waals surface area contributed by atoms with Crippen LogP contribution in [0.15, 0.2) is 67.1 Å². The van der Waals surface area contributed by atoms with E-state index in [1.54, 1.807) is 0 Å². The quantitative estimate of drug-likeness (QED) is 0.237. The van der Waals surface area contributed by atoms with Crippen molar-refractivity contribution in [1.29, 1.82) is 0 Å². The minimum absolute atomic E-state index is 0.0410. The number of aliphatic hydroxyl groups is 2. The van der Waals surface area contributed by atoms with Crippen LogP contribution in [0.5, 0.6) is 0 Å². The second-order valence-corrected chi connectivity index (χ2v) is 8.89. The van der Waals surface area contributed by atoms with Gasteiger partial charge in [-0.05, 0) is 52.4 Å². The van der Waals surface area contributed by atoms with E-state index < -0.39 is 64.7 Å². The van der Waals surface area contributed by atoms with Crippen LogP contribution in [0.2, 0.25) is 0 Å². The molecule has 2 aromatic heterocycles.